The molecule has 0 aliphatic carbocycles. The summed E-state index contributed by atoms with van der Waals surface area (Å²) >= 11 is 0. The van der Waals surface area contributed by atoms with Gasteiger partial charge in [0.05, 0.1) is 19.8 Å². The van der Waals surface area contributed by atoms with E-state index < -0.39 is 0 Å². The zero-order valence-electron chi connectivity index (χ0n) is 23.5. The molecule has 9 heteroatoms. The molecule has 41 heavy (non-hydrogen) atoms. The highest BCUT2D eigenvalue weighted by Gasteiger charge is 2.47. The van der Waals surface area contributed by atoms with Crippen molar-refractivity contribution in [2.75, 3.05) is 38.3 Å². The molecule has 8 nitrogen and oxygen atoms in total. The normalized spacial score (nSPS) is 18.4. The van der Waals surface area contributed by atoms with Gasteiger partial charge in [-0.25, -0.2) is 9.37 Å². The van der Waals surface area contributed by atoms with Gasteiger partial charge >= 0.3 is 0 Å². The Kier molecular flexibility index (Phi) is 7.40. The smallest absolute Gasteiger partial charge is 0.217 e. The number of anilines is 1. The van der Waals surface area contributed by atoms with Crippen molar-refractivity contribution in [1.29, 1.82) is 0 Å². The van der Waals surface area contributed by atoms with E-state index in [-0.39, 0.29) is 29.8 Å². The number of ether oxygens (including phenoxy) is 1. The summed E-state index contributed by atoms with van der Waals surface area (Å²) in [5.41, 5.74) is 4.66. The molecule has 0 radical (unpaired) electrons. The van der Waals surface area contributed by atoms with E-state index in [4.69, 9.17) is 9.72 Å². The van der Waals surface area contributed by atoms with Crippen LogP contribution >= 0.6 is 0 Å². The van der Waals surface area contributed by atoms with Gasteiger partial charge in [-0.1, -0.05) is 24.3 Å². The minimum absolute atomic E-state index is 0.0644. The van der Waals surface area contributed by atoms with E-state index in [1.807, 2.05) is 42.6 Å². The van der Waals surface area contributed by atoms with Gasteiger partial charge in [-0.05, 0) is 48.2 Å². The number of halogens is 1. The van der Waals surface area contributed by atoms with Crippen molar-refractivity contribution in [3.8, 4) is 5.75 Å². The first-order chi connectivity index (χ1) is 19.9. The van der Waals surface area contributed by atoms with Crippen LogP contribution in [-0.4, -0.2) is 59.2 Å². The number of H-pyrrole nitrogens is 1. The molecular weight excluding hydrogens is 521 g/mol. The number of benzene rings is 2. The monoisotopic (exact) mass is 557 g/mol. The van der Waals surface area contributed by atoms with Gasteiger partial charge in [-0.3, -0.25) is 9.69 Å². The summed E-state index contributed by atoms with van der Waals surface area (Å²) in [6, 6.07) is 16.8. The van der Waals surface area contributed by atoms with E-state index in [1.54, 1.807) is 13.2 Å². The van der Waals surface area contributed by atoms with Gasteiger partial charge in [0.25, 0.3) is 0 Å². The molecule has 2 aliphatic heterocycles. The number of rotatable bonds is 7. The number of hydrogen-bond donors (Lipinski definition) is 3. The number of carbonyl (C=O) groups is 1. The van der Waals surface area contributed by atoms with Crippen LogP contribution < -0.4 is 15.0 Å². The predicted octanol–water partition coefficient (Wildman–Crippen LogP) is 4.43. The Morgan fingerprint density at radius 2 is 2.00 bits per heavy atom. The van der Waals surface area contributed by atoms with Crippen molar-refractivity contribution in [3.05, 3.63) is 89.0 Å². The van der Waals surface area contributed by atoms with Crippen LogP contribution in [0.25, 0.3) is 10.9 Å². The molecule has 1 amide bonds. The van der Waals surface area contributed by atoms with Crippen LogP contribution in [-0.2, 0) is 23.3 Å². The van der Waals surface area contributed by atoms with Crippen LogP contribution in [0.1, 0.15) is 48.2 Å². The minimum atomic E-state index is -0.274. The summed E-state index contributed by atoms with van der Waals surface area (Å²) in [6.45, 7) is 4.67. The predicted molar refractivity (Wildman–Crippen MR) is 156 cm³/mol. The van der Waals surface area contributed by atoms with Gasteiger partial charge in [-0.15, -0.1) is 0 Å². The molecule has 2 aliphatic rings. The minimum Gasteiger partial charge on any atom is -0.497 e. The van der Waals surface area contributed by atoms with Gasteiger partial charge in [0.2, 0.25) is 5.91 Å². The first kappa shape index (κ1) is 27.2. The number of amides is 1. The van der Waals surface area contributed by atoms with Crippen LogP contribution in [0, 0.1) is 5.82 Å². The van der Waals surface area contributed by atoms with Crippen molar-refractivity contribution >= 4 is 22.6 Å². The Morgan fingerprint density at radius 1 is 1.20 bits per heavy atom. The van der Waals surface area contributed by atoms with Gasteiger partial charge in [-0.2, -0.15) is 0 Å². The standard InChI is InChI=1S/C32H36FN5O3/c1-21(40)34-16-22-7-10-29(35-17-22)37-13-11-32(12-14-37)20-38(18-23-5-3-4-6-26(23)33)28(19-39)31-30(32)25-9-8-24(41-2)15-27(25)36-31/h3-10,15,17,28,36,39H,11-14,16,18-20H2,1-2H3,(H,34,40). The van der Waals surface area contributed by atoms with Crippen LogP contribution in [0.3, 0.4) is 0 Å². The number of hydrogen-bond acceptors (Lipinski definition) is 6. The zero-order valence-corrected chi connectivity index (χ0v) is 23.5. The molecule has 2 aromatic heterocycles. The lowest BCUT2D eigenvalue weighted by atomic mass is 9.68. The summed E-state index contributed by atoms with van der Waals surface area (Å²) in [6.07, 6.45) is 3.60. The fraction of sp³-hybridized carbons (Fsp3) is 0.375. The number of aliphatic hydroxyl groups is 1. The van der Waals surface area contributed by atoms with Gasteiger partial charge in [0.1, 0.15) is 17.4 Å². The maximum absolute atomic E-state index is 14.8. The van der Waals surface area contributed by atoms with E-state index in [0.717, 1.165) is 66.2 Å². The molecule has 4 aromatic rings. The Morgan fingerprint density at radius 3 is 2.68 bits per heavy atom. The number of carbonyl (C=O) groups excluding carboxylic acids is 1. The van der Waals surface area contributed by atoms with E-state index >= 15 is 0 Å². The van der Waals surface area contributed by atoms with Crippen molar-refractivity contribution in [2.45, 2.75) is 44.3 Å². The lowest BCUT2D eigenvalue weighted by molar-refractivity contribution is -0.119. The maximum atomic E-state index is 14.8. The largest absolute Gasteiger partial charge is 0.497 e. The highest BCUT2D eigenvalue weighted by molar-refractivity contribution is 5.88. The fourth-order valence-corrected chi connectivity index (χ4v) is 6.63. The third-order valence-corrected chi connectivity index (χ3v) is 8.74. The number of aromatic amines is 1. The highest BCUT2D eigenvalue weighted by Crippen LogP contribution is 2.49. The number of piperidine rings is 1. The zero-order chi connectivity index (χ0) is 28.6. The summed E-state index contributed by atoms with van der Waals surface area (Å²) in [7, 11) is 1.66. The van der Waals surface area contributed by atoms with Gasteiger partial charge in [0, 0.05) is 79.5 Å². The molecule has 1 unspecified atom stereocenters. The quantitative estimate of drug-likeness (QED) is 0.311. The topological polar surface area (TPSA) is 93.7 Å². The summed E-state index contributed by atoms with van der Waals surface area (Å²) < 4.78 is 20.3. The highest BCUT2D eigenvalue weighted by atomic mass is 19.1. The number of pyridine rings is 1. The molecule has 1 fully saturated rings. The molecule has 4 heterocycles. The Bertz CT molecular complexity index is 1540. The number of fused-ring (bicyclic) bond motifs is 4. The summed E-state index contributed by atoms with van der Waals surface area (Å²) in [4.78, 5) is 24.1. The molecule has 2 aromatic carbocycles. The lowest BCUT2D eigenvalue weighted by Gasteiger charge is -2.50. The van der Waals surface area contributed by atoms with E-state index in [2.05, 4.69) is 26.2 Å². The molecule has 1 spiro atoms. The van der Waals surface area contributed by atoms with Crippen molar-refractivity contribution in [3.63, 3.8) is 0 Å². The van der Waals surface area contributed by atoms with E-state index in [0.29, 0.717) is 18.7 Å². The summed E-state index contributed by atoms with van der Waals surface area (Å²) in [5, 5.41) is 14.6. The van der Waals surface area contributed by atoms with Crippen LogP contribution in [0.15, 0.2) is 60.8 Å². The molecule has 0 bridgehead atoms. The number of nitrogens with zero attached hydrogens (tertiary/aromatic N) is 3. The van der Waals surface area contributed by atoms with Crippen molar-refractivity contribution in [2.24, 2.45) is 0 Å². The summed E-state index contributed by atoms with van der Waals surface area (Å²) in [5.74, 6) is 1.40. The van der Waals surface area contributed by atoms with Crippen molar-refractivity contribution < 1.29 is 19.0 Å². The fourth-order valence-electron chi connectivity index (χ4n) is 6.63. The molecule has 0 saturated carbocycles. The molecular formula is C32H36FN5O3. The second-order valence-electron chi connectivity index (χ2n) is 11.2. The molecule has 214 valence electrons. The number of nitrogens with one attached hydrogen (secondary N) is 2. The molecule has 6 rings (SSSR count). The van der Waals surface area contributed by atoms with E-state index in [1.165, 1.54) is 18.6 Å². The second kappa shape index (κ2) is 11.1. The average molecular weight is 558 g/mol. The van der Waals surface area contributed by atoms with Crippen LogP contribution in [0.5, 0.6) is 5.75 Å². The third-order valence-electron chi connectivity index (χ3n) is 8.74. The number of methoxy groups -OCH3 is 1. The van der Waals surface area contributed by atoms with Crippen LogP contribution in [0.4, 0.5) is 10.2 Å². The molecule has 3 N–H and O–H groups in total. The Hall–Kier alpha value is -3.95. The van der Waals surface area contributed by atoms with Crippen molar-refractivity contribution in [1.82, 2.24) is 20.2 Å². The first-order valence-electron chi connectivity index (χ1n) is 14.1. The van der Waals surface area contributed by atoms with E-state index in [9.17, 15) is 14.3 Å². The number of aliphatic hydroxyl groups excluding tert-OH is 1. The maximum Gasteiger partial charge on any atom is 0.217 e. The molecule has 1 atom stereocenters. The van der Waals surface area contributed by atoms with Gasteiger partial charge < -0.3 is 25.0 Å². The number of aromatic nitrogens is 2. The molecule has 1 saturated heterocycles. The Balaban J connectivity index is 1.33. The van der Waals surface area contributed by atoms with Gasteiger partial charge in [0.15, 0.2) is 0 Å². The lowest BCUT2D eigenvalue weighted by Crippen LogP contribution is -2.53. The SMILES string of the molecule is COc1ccc2c3c([nH]c2c1)C(CO)N(Cc1ccccc1F)CC31CCN(c2ccc(CNC(C)=O)cn2)CC1. The van der Waals surface area contributed by atoms with Crippen LogP contribution in [0.2, 0.25) is 0 Å². The third kappa shape index (κ3) is 5.15. The average Bonchev–Trinajstić information content (AvgIpc) is 3.38. The Labute approximate surface area is 239 Å². The second-order valence-corrected chi connectivity index (χ2v) is 11.2. The first-order valence-corrected chi connectivity index (χ1v) is 14.1.